The van der Waals surface area contributed by atoms with E-state index in [1.807, 2.05) is 14.0 Å². The van der Waals surface area contributed by atoms with Crippen molar-refractivity contribution in [2.24, 2.45) is 7.05 Å². The average Bonchev–Trinajstić information content (AvgIpc) is 2.62. The Morgan fingerprint density at radius 1 is 1.53 bits per heavy atom. The zero-order valence-corrected chi connectivity index (χ0v) is 10.9. The van der Waals surface area contributed by atoms with Crippen LogP contribution in [0.1, 0.15) is 30.5 Å². The first-order valence-electron chi connectivity index (χ1n) is 6.17. The standard InChI is InChI=1S/C13H21N3O/c1-10-12(13(17-3)16(2)15-10)9-14-11-7-5-4-6-8-11/h4-5,11,14H,6-9H2,1-3H3. The van der Waals surface area contributed by atoms with E-state index >= 15 is 0 Å². The lowest BCUT2D eigenvalue weighted by molar-refractivity contribution is 0.365. The number of aromatic nitrogens is 2. The molecule has 0 amide bonds. The van der Waals surface area contributed by atoms with Crippen LogP contribution in [0.3, 0.4) is 0 Å². The third kappa shape index (κ3) is 2.69. The van der Waals surface area contributed by atoms with E-state index < -0.39 is 0 Å². The second-order valence-corrected chi connectivity index (χ2v) is 4.56. The summed E-state index contributed by atoms with van der Waals surface area (Å²) >= 11 is 0. The molecular weight excluding hydrogens is 214 g/mol. The van der Waals surface area contributed by atoms with Gasteiger partial charge >= 0.3 is 0 Å². The van der Waals surface area contributed by atoms with Crippen molar-refractivity contribution < 1.29 is 4.74 Å². The van der Waals surface area contributed by atoms with Crippen molar-refractivity contribution in [3.63, 3.8) is 0 Å². The van der Waals surface area contributed by atoms with Crippen molar-refractivity contribution in [3.8, 4) is 5.88 Å². The number of hydrogen-bond donors (Lipinski definition) is 1. The van der Waals surface area contributed by atoms with Crippen molar-refractivity contribution in [2.75, 3.05) is 7.11 Å². The molecule has 0 saturated heterocycles. The van der Waals surface area contributed by atoms with Gasteiger partial charge in [0.05, 0.1) is 18.4 Å². The van der Waals surface area contributed by atoms with Gasteiger partial charge in [0.1, 0.15) is 0 Å². The maximum absolute atomic E-state index is 5.38. The number of nitrogens with zero attached hydrogens (tertiary/aromatic N) is 2. The molecule has 0 spiro atoms. The maximum atomic E-state index is 5.38. The van der Waals surface area contributed by atoms with Gasteiger partial charge in [0, 0.05) is 19.6 Å². The summed E-state index contributed by atoms with van der Waals surface area (Å²) in [5, 5.41) is 7.97. The molecule has 1 N–H and O–H groups in total. The molecular formula is C13H21N3O. The molecule has 0 aromatic carbocycles. The summed E-state index contributed by atoms with van der Waals surface area (Å²) in [4.78, 5) is 0. The van der Waals surface area contributed by atoms with Gasteiger partial charge in [-0.2, -0.15) is 5.10 Å². The Kier molecular flexibility index (Phi) is 3.84. The van der Waals surface area contributed by atoms with E-state index in [0.717, 1.165) is 24.5 Å². The first-order valence-corrected chi connectivity index (χ1v) is 6.17. The summed E-state index contributed by atoms with van der Waals surface area (Å²) in [7, 11) is 3.61. The van der Waals surface area contributed by atoms with Crippen LogP contribution in [0, 0.1) is 6.92 Å². The van der Waals surface area contributed by atoms with Gasteiger partial charge < -0.3 is 10.1 Å². The highest BCUT2D eigenvalue weighted by Crippen LogP contribution is 2.21. The molecule has 0 saturated carbocycles. The molecule has 1 aliphatic rings. The third-order valence-electron chi connectivity index (χ3n) is 3.32. The fourth-order valence-corrected chi connectivity index (χ4v) is 2.37. The summed E-state index contributed by atoms with van der Waals surface area (Å²) in [5.74, 6) is 0.862. The second-order valence-electron chi connectivity index (χ2n) is 4.56. The molecule has 1 aliphatic carbocycles. The molecule has 1 aromatic rings. The van der Waals surface area contributed by atoms with E-state index in [-0.39, 0.29) is 0 Å². The molecule has 1 unspecified atom stereocenters. The fraction of sp³-hybridized carbons (Fsp3) is 0.615. The molecule has 1 aromatic heterocycles. The average molecular weight is 235 g/mol. The Hall–Kier alpha value is -1.29. The number of aryl methyl sites for hydroxylation is 2. The highest BCUT2D eigenvalue weighted by atomic mass is 16.5. The summed E-state index contributed by atoms with van der Waals surface area (Å²) < 4.78 is 7.18. The normalized spacial score (nSPS) is 19.6. The monoisotopic (exact) mass is 235 g/mol. The Balaban J connectivity index is 2.00. The molecule has 4 heteroatoms. The van der Waals surface area contributed by atoms with Gasteiger partial charge in [0.25, 0.3) is 0 Å². The number of rotatable bonds is 4. The van der Waals surface area contributed by atoms with Crippen LogP contribution in [-0.2, 0) is 13.6 Å². The van der Waals surface area contributed by atoms with Crippen molar-refractivity contribution in [1.82, 2.24) is 15.1 Å². The van der Waals surface area contributed by atoms with E-state index in [2.05, 4.69) is 22.6 Å². The third-order valence-corrected chi connectivity index (χ3v) is 3.32. The predicted molar refractivity (Wildman–Crippen MR) is 68.1 cm³/mol. The lowest BCUT2D eigenvalue weighted by atomic mass is 10.0. The Morgan fingerprint density at radius 2 is 2.35 bits per heavy atom. The van der Waals surface area contributed by atoms with Crippen molar-refractivity contribution >= 4 is 0 Å². The molecule has 2 rings (SSSR count). The topological polar surface area (TPSA) is 39.1 Å². The zero-order chi connectivity index (χ0) is 12.3. The van der Waals surface area contributed by atoms with E-state index in [1.165, 1.54) is 18.4 Å². The van der Waals surface area contributed by atoms with Gasteiger partial charge in [-0.3, -0.25) is 0 Å². The second kappa shape index (κ2) is 5.36. The lowest BCUT2D eigenvalue weighted by Crippen LogP contribution is -2.29. The minimum absolute atomic E-state index is 0.587. The molecule has 1 heterocycles. The van der Waals surface area contributed by atoms with Crippen molar-refractivity contribution in [2.45, 2.75) is 38.8 Å². The van der Waals surface area contributed by atoms with Crippen LogP contribution in [0.5, 0.6) is 5.88 Å². The molecule has 0 fully saturated rings. The predicted octanol–water partition coefficient (Wildman–Crippen LogP) is 1.94. The van der Waals surface area contributed by atoms with Crippen LogP contribution in [-0.4, -0.2) is 22.9 Å². The van der Waals surface area contributed by atoms with E-state index in [1.54, 1.807) is 11.8 Å². The Morgan fingerprint density at radius 3 is 3.00 bits per heavy atom. The quantitative estimate of drug-likeness (QED) is 0.811. The van der Waals surface area contributed by atoms with Gasteiger partial charge in [0.15, 0.2) is 0 Å². The van der Waals surface area contributed by atoms with Crippen LogP contribution in [0.2, 0.25) is 0 Å². The number of methoxy groups -OCH3 is 1. The van der Waals surface area contributed by atoms with E-state index in [0.29, 0.717) is 6.04 Å². The lowest BCUT2D eigenvalue weighted by Gasteiger charge is -2.19. The summed E-state index contributed by atoms with van der Waals surface area (Å²) in [6.45, 7) is 2.86. The van der Waals surface area contributed by atoms with Crippen LogP contribution in [0.25, 0.3) is 0 Å². The first-order chi connectivity index (χ1) is 8.22. The first kappa shape index (κ1) is 12.2. The Bertz CT molecular complexity index is 409. The van der Waals surface area contributed by atoms with Crippen molar-refractivity contribution in [1.29, 1.82) is 0 Å². The van der Waals surface area contributed by atoms with E-state index in [4.69, 9.17) is 4.74 Å². The van der Waals surface area contributed by atoms with Gasteiger partial charge in [-0.25, -0.2) is 4.68 Å². The molecule has 4 nitrogen and oxygen atoms in total. The number of hydrogen-bond acceptors (Lipinski definition) is 3. The molecule has 0 radical (unpaired) electrons. The van der Waals surface area contributed by atoms with Crippen LogP contribution >= 0.6 is 0 Å². The molecule has 94 valence electrons. The molecule has 0 aliphatic heterocycles. The number of allylic oxidation sites excluding steroid dienone is 1. The summed E-state index contributed by atoms with van der Waals surface area (Å²) in [6, 6.07) is 0.587. The Labute approximate surface area is 103 Å². The summed E-state index contributed by atoms with van der Waals surface area (Å²) in [5.41, 5.74) is 2.22. The number of ether oxygens (including phenoxy) is 1. The van der Waals surface area contributed by atoms with Gasteiger partial charge in [-0.05, 0) is 26.2 Å². The van der Waals surface area contributed by atoms with Gasteiger partial charge in [0.2, 0.25) is 5.88 Å². The smallest absolute Gasteiger partial charge is 0.216 e. The SMILES string of the molecule is COc1c(CNC2CC=CCC2)c(C)nn1C. The zero-order valence-electron chi connectivity index (χ0n) is 10.9. The van der Waals surface area contributed by atoms with Crippen LogP contribution in [0.4, 0.5) is 0 Å². The highest BCUT2D eigenvalue weighted by Gasteiger charge is 2.15. The molecule has 0 bridgehead atoms. The molecule has 1 atom stereocenters. The summed E-state index contributed by atoms with van der Waals surface area (Å²) in [6.07, 6.45) is 8.04. The molecule has 17 heavy (non-hydrogen) atoms. The largest absolute Gasteiger partial charge is 0.481 e. The highest BCUT2D eigenvalue weighted by molar-refractivity contribution is 5.30. The fourth-order valence-electron chi connectivity index (χ4n) is 2.37. The van der Waals surface area contributed by atoms with Gasteiger partial charge in [-0.1, -0.05) is 12.2 Å². The maximum Gasteiger partial charge on any atom is 0.216 e. The minimum Gasteiger partial charge on any atom is -0.481 e. The van der Waals surface area contributed by atoms with Gasteiger partial charge in [-0.15, -0.1) is 0 Å². The minimum atomic E-state index is 0.587. The van der Waals surface area contributed by atoms with Crippen molar-refractivity contribution in [3.05, 3.63) is 23.4 Å². The van der Waals surface area contributed by atoms with Crippen LogP contribution < -0.4 is 10.1 Å². The van der Waals surface area contributed by atoms with Crippen LogP contribution in [0.15, 0.2) is 12.2 Å². The number of nitrogens with one attached hydrogen (secondary N) is 1. The van der Waals surface area contributed by atoms with E-state index in [9.17, 15) is 0 Å².